The highest BCUT2D eigenvalue weighted by Gasteiger charge is 2.30. The summed E-state index contributed by atoms with van der Waals surface area (Å²) >= 11 is 0. The maximum absolute atomic E-state index is 12.6. The number of alkyl halides is 3. The Morgan fingerprint density at radius 3 is 2.58 bits per heavy atom. The minimum absolute atomic E-state index is 0.0413. The number of nitrogen functional groups attached to an aromatic ring is 1. The van der Waals surface area contributed by atoms with Crippen LogP contribution in [0.4, 0.5) is 18.9 Å². The monoisotopic (exact) mass is 268 g/mol. The summed E-state index contributed by atoms with van der Waals surface area (Å²) in [5, 5.41) is 0. The Labute approximate surface area is 107 Å². The van der Waals surface area contributed by atoms with Crippen LogP contribution >= 0.6 is 0 Å². The van der Waals surface area contributed by atoms with Crippen molar-refractivity contribution in [2.45, 2.75) is 13.1 Å². The van der Waals surface area contributed by atoms with Gasteiger partial charge in [-0.1, -0.05) is 6.07 Å². The summed E-state index contributed by atoms with van der Waals surface area (Å²) in [7, 11) is 0. The van der Waals surface area contributed by atoms with Crippen LogP contribution in [-0.4, -0.2) is 4.98 Å². The minimum atomic E-state index is -4.41. The first-order valence-electron chi connectivity index (χ1n) is 5.44. The van der Waals surface area contributed by atoms with Crippen molar-refractivity contribution in [3.8, 4) is 11.6 Å². The van der Waals surface area contributed by atoms with Crippen molar-refractivity contribution in [2.24, 2.45) is 0 Å². The van der Waals surface area contributed by atoms with Crippen LogP contribution in [0.15, 0.2) is 36.4 Å². The molecule has 0 aliphatic heterocycles. The number of pyridine rings is 1. The molecule has 1 aromatic heterocycles. The van der Waals surface area contributed by atoms with E-state index < -0.39 is 11.7 Å². The van der Waals surface area contributed by atoms with Crippen LogP contribution in [0, 0.1) is 6.92 Å². The van der Waals surface area contributed by atoms with Crippen LogP contribution in [0.1, 0.15) is 11.3 Å². The van der Waals surface area contributed by atoms with E-state index in [1.807, 2.05) is 0 Å². The van der Waals surface area contributed by atoms with Gasteiger partial charge in [-0.05, 0) is 37.3 Å². The van der Waals surface area contributed by atoms with Crippen LogP contribution < -0.4 is 10.5 Å². The number of aryl methyl sites for hydroxylation is 1. The van der Waals surface area contributed by atoms with Gasteiger partial charge >= 0.3 is 6.18 Å². The Hall–Kier alpha value is -2.24. The molecule has 0 spiro atoms. The molecule has 19 heavy (non-hydrogen) atoms. The Balaban J connectivity index is 2.31. The second kappa shape index (κ2) is 4.79. The fraction of sp³-hybridized carbons (Fsp3) is 0.154. The quantitative estimate of drug-likeness (QED) is 0.901. The summed E-state index contributed by atoms with van der Waals surface area (Å²) in [6.45, 7) is 1.73. The predicted molar refractivity (Wildman–Crippen MR) is 64.9 cm³/mol. The minimum Gasteiger partial charge on any atom is -0.437 e. The van der Waals surface area contributed by atoms with Crippen LogP contribution in [0.25, 0.3) is 0 Å². The highest BCUT2D eigenvalue weighted by atomic mass is 19.4. The van der Waals surface area contributed by atoms with Crippen LogP contribution in [0.3, 0.4) is 0 Å². The molecule has 0 radical (unpaired) electrons. The van der Waals surface area contributed by atoms with E-state index in [2.05, 4.69) is 4.98 Å². The van der Waals surface area contributed by atoms with Gasteiger partial charge in [0.05, 0.1) is 11.3 Å². The molecule has 0 aliphatic rings. The zero-order valence-corrected chi connectivity index (χ0v) is 10.0. The number of halogens is 3. The molecule has 1 heterocycles. The van der Waals surface area contributed by atoms with Crippen molar-refractivity contribution >= 4 is 5.69 Å². The van der Waals surface area contributed by atoms with Gasteiger partial charge in [0.25, 0.3) is 0 Å². The second-order valence-corrected chi connectivity index (χ2v) is 3.97. The van der Waals surface area contributed by atoms with Gasteiger partial charge in [0.15, 0.2) is 0 Å². The maximum Gasteiger partial charge on any atom is 0.416 e. The van der Waals surface area contributed by atoms with Crippen molar-refractivity contribution in [1.29, 1.82) is 0 Å². The number of ether oxygens (including phenoxy) is 1. The Kier molecular flexibility index (Phi) is 3.33. The normalized spacial score (nSPS) is 11.4. The van der Waals surface area contributed by atoms with E-state index in [0.29, 0.717) is 5.69 Å². The van der Waals surface area contributed by atoms with Gasteiger partial charge in [-0.25, -0.2) is 4.98 Å². The largest absolute Gasteiger partial charge is 0.437 e. The molecule has 3 nitrogen and oxygen atoms in total. The van der Waals surface area contributed by atoms with Crippen molar-refractivity contribution in [1.82, 2.24) is 4.98 Å². The summed E-state index contributed by atoms with van der Waals surface area (Å²) in [5.41, 5.74) is 5.80. The average Bonchev–Trinajstić information content (AvgIpc) is 2.33. The van der Waals surface area contributed by atoms with Crippen LogP contribution in [0.5, 0.6) is 11.6 Å². The van der Waals surface area contributed by atoms with Gasteiger partial charge in [0.1, 0.15) is 5.75 Å². The molecule has 0 unspecified atom stereocenters. The van der Waals surface area contributed by atoms with Crippen molar-refractivity contribution in [3.05, 3.63) is 47.7 Å². The highest BCUT2D eigenvalue weighted by Crippen LogP contribution is 2.33. The molecule has 0 amide bonds. The molecular weight excluding hydrogens is 257 g/mol. The van der Waals surface area contributed by atoms with Gasteiger partial charge < -0.3 is 10.5 Å². The first kappa shape index (κ1) is 13.2. The topological polar surface area (TPSA) is 48.1 Å². The lowest BCUT2D eigenvalue weighted by atomic mass is 10.2. The summed E-state index contributed by atoms with van der Waals surface area (Å²) < 4.78 is 43.0. The summed E-state index contributed by atoms with van der Waals surface area (Å²) in [6, 6.07) is 7.84. The van der Waals surface area contributed by atoms with E-state index in [1.54, 1.807) is 19.1 Å². The zero-order chi connectivity index (χ0) is 14.0. The van der Waals surface area contributed by atoms with E-state index in [4.69, 9.17) is 10.5 Å². The molecule has 6 heteroatoms. The number of aromatic nitrogens is 1. The lowest BCUT2D eigenvalue weighted by molar-refractivity contribution is -0.137. The fourth-order valence-corrected chi connectivity index (χ4v) is 1.47. The van der Waals surface area contributed by atoms with Crippen LogP contribution in [0.2, 0.25) is 0 Å². The third-order valence-corrected chi connectivity index (χ3v) is 2.40. The van der Waals surface area contributed by atoms with Crippen molar-refractivity contribution in [3.63, 3.8) is 0 Å². The number of anilines is 1. The second-order valence-electron chi connectivity index (χ2n) is 3.97. The molecule has 0 aliphatic carbocycles. The zero-order valence-electron chi connectivity index (χ0n) is 10.0. The third kappa shape index (κ3) is 3.15. The standard InChI is InChI=1S/C13H11F3N2O/c1-8-5-6-11(17)12(18-8)19-10-4-2-3-9(7-10)13(14,15)16/h2-7H,17H2,1H3. The number of hydrogen-bond donors (Lipinski definition) is 1. The summed E-state index contributed by atoms with van der Waals surface area (Å²) in [4.78, 5) is 4.03. The van der Waals surface area contributed by atoms with Crippen LogP contribution in [-0.2, 0) is 6.18 Å². The summed E-state index contributed by atoms with van der Waals surface area (Å²) in [5.74, 6) is 0.138. The average molecular weight is 268 g/mol. The molecule has 0 bridgehead atoms. The number of benzene rings is 1. The fourth-order valence-electron chi connectivity index (χ4n) is 1.47. The SMILES string of the molecule is Cc1ccc(N)c(Oc2cccc(C(F)(F)F)c2)n1. The maximum atomic E-state index is 12.6. The molecule has 0 atom stereocenters. The van der Waals surface area contributed by atoms with Crippen molar-refractivity contribution in [2.75, 3.05) is 5.73 Å². The highest BCUT2D eigenvalue weighted by molar-refractivity contribution is 5.50. The molecule has 1 aromatic carbocycles. The van der Waals surface area contributed by atoms with E-state index in [-0.39, 0.29) is 17.3 Å². The van der Waals surface area contributed by atoms with E-state index in [9.17, 15) is 13.2 Å². The summed E-state index contributed by atoms with van der Waals surface area (Å²) in [6.07, 6.45) is -4.41. The molecule has 100 valence electrons. The number of rotatable bonds is 2. The third-order valence-electron chi connectivity index (χ3n) is 2.40. The van der Waals surface area contributed by atoms with E-state index in [0.717, 1.165) is 12.1 Å². The smallest absolute Gasteiger partial charge is 0.416 e. The molecule has 2 rings (SSSR count). The lowest BCUT2D eigenvalue weighted by Crippen LogP contribution is -2.04. The Morgan fingerprint density at radius 2 is 1.89 bits per heavy atom. The van der Waals surface area contributed by atoms with Crippen molar-refractivity contribution < 1.29 is 17.9 Å². The number of nitrogens with zero attached hydrogens (tertiary/aromatic N) is 1. The molecule has 2 aromatic rings. The lowest BCUT2D eigenvalue weighted by Gasteiger charge is -2.10. The van der Waals surface area contributed by atoms with Gasteiger partial charge in [0, 0.05) is 5.69 Å². The molecule has 2 N–H and O–H groups in total. The van der Waals surface area contributed by atoms with E-state index in [1.165, 1.54) is 12.1 Å². The molecule has 0 fully saturated rings. The molecule has 0 saturated heterocycles. The molecule has 0 saturated carbocycles. The van der Waals surface area contributed by atoms with Gasteiger partial charge in [0.2, 0.25) is 5.88 Å². The molecular formula is C13H11F3N2O. The predicted octanol–water partition coefficient (Wildman–Crippen LogP) is 3.78. The van der Waals surface area contributed by atoms with Gasteiger partial charge in [-0.3, -0.25) is 0 Å². The van der Waals surface area contributed by atoms with E-state index >= 15 is 0 Å². The Morgan fingerprint density at radius 1 is 1.16 bits per heavy atom. The Bertz CT molecular complexity index is 597. The number of hydrogen-bond acceptors (Lipinski definition) is 3. The first-order chi connectivity index (χ1) is 8.86. The first-order valence-corrected chi connectivity index (χ1v) is 5.44. The van der Waals surface area contributed by atoms with Gasteiger partial charge in [-0.15, -0.1) is 0 Å². The van der Waals surface area contributed by atoms with Gasteiger partial charge in [-0.2, -0.15) is 13.2 Å². The number of nitrogens with two attached hydrogens (primary N) is 1.